The van der Waals surface area contributed by atoms with Crippen molar-refractivity contribution in [1.29, 1.82) is 0 Å². The summed E-state index contributed by atoms with van der Waals surface area (Å²) < 4.78 is 10.3. The van der Waals surface area contributed by atoms with Gasteiger partial charge in [-0.1, -0.05) is 5.16 Å². The average molecular weight is 387 g/mol. The number of carbonyl (C=O) groups excluding carboxylic acids is 2. The van der Waals surface area contributed by atoms with Crippen molar-refractivity contribution < 1.29 is 18.8 Å². The van der Waals surface area contributed by atoms with Crippen LogP contribution in [0, 0.1) is 0 Å². The number of hydrogen-bond donors (Lipinski definition) is 2. The Morgan fingerprint density at radius 1 is 1.43 bits per heavy atom. The lowest BCUT2D eigenvalue weighted by molar-refractivity contribution is -0.117. The van der Waals surface area contributed by atoms with Gasteiger partial charge in [0.05, 0.1) is 18.7 Å². The van der Waals surface area contributed by atoms with E-state index in [-0.39, 0.29) is 30.6 Å². The topological polar surface area (TPSA) is 124 Å². The van der Waals surface area contributed by atoms with Crippen LogP contribution in [0.5, 0.6) is 0 Å². The van der Waals surface area contributed by atoms with E-state index in [0.29, 0.717) is 23.7 Å². The lowest BCUT2D eigenvalue weighted by Gasteiger charge is -2.39. The molecule has 0 spiro atoms. The van der Waals surface area contributed by atoms with E-state index in [1.54, 1.807) is 18.7 Å². The van der Waals surface area contributed by atoms with Gasteiger partial charge in [0, 0.05) is 24.2 Å². The first-order valence-corrected chi connectivity index (χ1v) is 9.24. The monoisotopic (exact) mass is 387 g/mol. The van der Waals surface area contributed by atoms with Crippen LogP contribution in [0.3, 0.4) is 0 Å². The van der Waals surface area contributed by atoms with Gasteiger partial charge in [-0.25, -0.2) is 4.79 Å². The number of aromatic nitrogens is 2. The fourth-order valence-electron chi connectivity index (χ4n) is 3.47. The van der Waals surface area contributed by atoms with Gasteiger partial charge in [-0.3, -0.25) is 4.79 Å². The van der Waals surface area contributed by atoms with Crippen molar-refractivity contribution in [2.75, 3.05) is 4.90 Å². The van der Waals surface area contributed by atoms with E-state index < -0.39 is 6.09 Å². The van der Waals surface area contributed by atoms with Gasteiger partial charge in [0.2, 0.25) is 17.6 Å². The minimum atomic E-state index is -0.496. The molecule has 9 nitrogen and oxygen atoms in total. The lowest BCUT2D eigenvalue weighted by Crippen LogP contribution is -2.45. The third-order valence-electron chi connectivity index (χ3n) is 4.56. The van der Waals surface area contributed by atoms with Gasteiger partial charge in [-0.05, 0) is 51.0 Å². The van der Waals surface area contributed by atoms with E-state index in [2.05, 4.69) is 15.5 Å². The first kappa shape index (κ1) is 19.8. The van der Waals surface area contributed by atoms with E-state index in [4.69, 9.17) is 15.0 Å². The number of nitrogens with two attached hydrogens (primary N) is 1. The highest BCUT2D eigenvalue weighted by molar-refractivity contribution is 5.94. The zero-order valence-corrected chi connectivity index (χ0v) is 16.4. The molecule has 3 N–H and O–H groups in total. The third-order valence-corrected chi connectivity index (χ3v) is 4.56. The normalized spacial score (nSPS) is 18.7. The van der Waals surface area contributed by atoms with Crippen LogP contribution in [0.25, 0.3) is 11.4 Å². The van der Waals surface area contributed by atoms with Crippen molar-refractivity contribution in [3.63, 3.8) is 0 Å². The van der Waals surface area contributed by atoms with Crippen molar-refractivity contribution in [1.82, 2.24) is 15.5 Å². The zero-order chi connectivity index (χ0) is 20.4. The number of rotatable bonds is 4. The molecule has 2 aromatic rings. The largest absolute Gasteiger partial charge is 0.447 e. The smallest absolute Gasteiger partial charge is 0.407 e. The Labute approximate surface area is 163 Å². The Bertz CT molecular complexity index is 879. The van der Waals surface area contributed by atoms with Crippen LogP contribution in [0.15, 0.2) is 22.7 Å². The van der Waals surface area contributed by atoms with Crippen molar-refractivity contribution in [3.8, 4) is 11.4 Å². The van der Waals surface area contributed by atoms with Crippen molar-refractivity contribution in [2.45, 2.75) is 58.8 Å². The van der Waals surface area contributed by atoms with Gasteiger partial charge in [-0.15, -0.1) is 0 Å². The van der Waals surface area contributed by atoms with Crippen LogP contribution in [0.1, 0.15) is 51.6 Å². The summed E-state index contributed by atoms with van der Waals surface area (Å²) in [7, 11) is 0. The fraction of sp³-hybridized carbons (Fsp3) is 0.474. The summed E-state index contributed by atoms with van der Waals surface area (Å²) in [6, 6.07) is 5.13. The number of carbonyl (C=O) groups is 2. The standard InChI is InChI=1S/C19H25N5O4/c1-10(2)27-19(26)21-15-7-11(3)24(12(4)25)16-6-5-13(8-14(15)16)18-22-17(9-20)28-23-18/h5-6,8,10-11,15H,7,9,20H2,1-4H3,(H,21,26)/t11-,15+/m0/s1. The van der Waals surface area contributed by atoms with Gasteiger partial charge in [0.1, 0.15) is 0 Å². The second-order valence-corrected chi connectivity index (χ2v) is 7.11. The van der Waals surface area contributed by atoms with Crippen molar-refractivity contribution in [2.24, 2.45) is 5.73 Å². The van der Waals surface area contributed by atoms with Crippen LogP contribution in [-0.4, -0.2) is 34.3 Å². The van der Waals surface area contributed by atoms with E-state index in [1.165, 1.54) is 6.92 Å². The first-order chi connectivity index (χ1) is 13.3. The number of nitrogens with zero attached hydrogens (tertiary/aromatic N) is 3. The predicted molar refractivity (Wildman–Crippen MR) is 102 cm³/mol. The van der Waals surface area contributed by atoms with Gasteiger partial charge < -0.3 is 25.2 Å². The Balaban J connectivity index is 2.00. The van der Waals surface area contributed by atoms with Crippen LogP contribution in [0.4, 0.5) is 10.5 Å². The number of ether oxygens (including phenoxy) is 1. The number of hydrogen-bond acceptors (Lipinski definition) is 7. The second kappa shape index (κ2) is 7.97. The fourth-order valence-corrected chi connectivity index (χ4v) is 3.47. The number of alkyl carbamates (subject to hydrolysis) is 1. The third kappa shape index (κ3) is 3.99. The molecule has 1 aliphatic heterocycles. The number of nitrogens with one attached hydrogen (secondary N) is 1. The summed E-state index contributed by atoms with van der Waals surface area (Å²) in [6.07, 6.45) is -0.164. The molecule has 3 rings (SSSR count). The van der Waals surface area contributed by atoms with E-state index in [9.17, 15) is 9.59 Å². The van der Waals surface area contributed by atoms with Crippen LogP contribution in [0.2, 0.25) is 0 Å². The van der Waals surface area contributed by atoms with Crippen molar-refractivity contribution >= 4 is 17.7 Å². The second-order valence-electron chi connectivity index (χ2n) is 7.11. The first-order valence-electron chi connectivity index (χ1n) is 9.24. The summed E-state index contributed by atoms with van der Waals surface area (Å²) in [5.41, 5.74) is 7.79. The maximum Gasteiger partial charge on any atom is 0.407 e. The Morgan fingerprint density at radius 3 is 2.79 bits per heavy atom. The minimum Gasteiger partial charge on any atom is -0.447 e. The molecule has 9 heteroatoms. The summed E-state index contributed by atoms with van der Waals surface area (Å²) in [6.45, 7) is 7.21. The Morgan fingerprint density at radius 2 is 2.18 bits per heavy atom. The molecule has 0 radical (unpaired) electrons. The molecule has 0 saturated heterocycles. The molecule has 0 aliphatic carbocycles. The molecular formula is C19H25N5O4. The lowest BCUT2D eigenvalue weighted by atomic mass is 9.90. The van der Waals surface area contributed by atoms with Gasteiger partial charge in [0.25, 0.3) is 0 Å². The molecule has 1 aromatic carbocycles. The molecule has 0 saturated carbocycles. The van der Waals surface area contributed by atoms with E-state index in [1.807, 2.05) is 25.1 Å². The molecule has 1 aliphatic rings. The SMILES string of the molecule is CC(=O)N1c2ccc(-c3noc(CN)n3)cc2[C@H](NC(=O)OC(C)C)C[C@@H]1C. The summed E-state index contributed by atoms with van der Waals surface area (Å²) in [5, 5.41) is 6.85. The summed E-state index contributed by atoms with van der Waals surface area (Å²) >= 11 is 0. The Hall–Kier alpha value is -2.94. The molecule has 1 aromatic heterocycles. The highest BCUT2D eigenvalue weighted by Gasteiger charge is 2.34. The number of benzene rings is 1. The maximum absolute atomic E-state index is 12.2. The quantitative estimate of drug-likeness (QED) is 0.826. The molecule has 2 atom stereocenters. The van der Waals surface area contributed by atoms with Crippen molar-refractivity contribution in [3.05, 3.63) is 29.7 Å². The molecule has 0 unspecified atom stereocenters. The maximum atomic E-state index is 12.2. The Kier molecular flexibility index (Phi) is 5.64. The van der Waals surface area contributed by atoms with E-state index >= 15 is 0 Å². The van der Waals surface area contributed by atoms with Crippen LogP contribution in [-0.2, 0) is 16.1 Å². The van der Waals surface area contributed by atoms with Crippen LogP contribution < -0.4 is 16.0 Å². The highest BCUT2D eigenvalue weighted by atomic mass is 16.6. The molecule has 2 amide bonds. The zero-order valence-electron chi connectivity index (χ0n) is 16.4. The van der Waals surface area contributed by atoms with Gasteiger partial charge in [-0.2, -0.15) is 4.98 Å². The summed E-state index contributed by atoms with van der Waals surface area (Å²) in [5.74, 6) is 0.677. The molecular weight excluding hydrogens is 362 g/mol. The highest BCUT2D eigenvalue weighted by Crippen LogP contribution is 2.39. The molecule has 150 valence electrons. The molecule has 2 heterocycles. The minimum absolute atomic E-state index is 0.0605. The molecule has 0 bridgehead atoms. The predicted octanol–water partition coefficient (Wildman–Crippen LogP) is 2.52. The van der Waals surface area contributed by atoms with Gasteiger partial charge in [0.15, 0.2) is 0 Å². The number of anilines is 1. The number of amides is 2. The van der Waals surface area contributed by atoms with Gasteiger partial charge >= 0.3 is 6.09 Å². The summed E-state index contributed by atoms with van der Waals surface area (Å²) in [4.78, 5) is 30.4. The van der Waals surface area contributed by atoms with Crippen LogP contribution >= 0.6 is 0 Å². The average Bonchev–Trinajstić information content (AvgIpc) is 3.09. The molecule has 28 heavy (non-hydrogen) atoms. The number of fused-ring (bicyclic) bond motifs is 1. The molecule has 0 fully saturated rings. The van der Waals surface area contributed by atoms with E-state index in [0.717, 1.165) is 11.3 Å².